The number of halogens is 1. The van der Waals surface area contributed by atoms with E-state index in [1.165, 1.54) is 18.2 Å². The number of hydrogen-bond donors (Lipinski definition) is 2. The van der Waals surface area contributed by atoms with Gasteiger partial charge in [0.05, 0.1) is 18.7 Å². The van der Waals surface area contributed by atoms with Gasteiger partial charge in [0.2, 0.25) is 6.39 Å². The number of nitrogens with one attached hydrogen (secondary N) is 1. The number of carbonyl (C=O) groups is 1. The standard InChI is InChI=1S/C14H12FN3O3/c15-12-5-4-10(3-1-2-6-19)7-11(12)14(20)16-8-13-17-9-21-18-13/h4-5,7,9,19H,2,6,8H2,(H,16,20). The summed E-state index contributed by atoms with van der Waals surface area (Å²) in [6.45, 7) is -0.0125. The van der Waals surface area contributed by atoms with Crippen LogP contribution in [-0.4, -0.2) is 27.8 Å². The molecule has 6 nitrogen and oxygen atoms in total. The van der Waals surface area contributed by atoms with Gasteiger partial charge in [-0.25, -0.2) is 4.39 Å². The van der Waals surface area contributed by atoms with Gasteiger partial charge in [-0.15, -0.1) is 0 Å². The van der Waals surface area contributed by atoms with Gasteiger partial charge in [0, 0.05) is 12.0 Å². The highest BCUT2D eigenvalue weighted by molar-refractivity contribution is 5.94. The zero-order valence-corrected chi connectivity index (χ0v) is 11.0. The van der Waals surface area contributed by atoms with Crippen molar-refractivity contribution in [1.82, 2.24) is 15.5 Å². The number of aromatic nitrogens is 2. The molecule has 7 heteroatoms. The van der Waals surface area contributed by atoms with E-state index in [0.29, 0.717) is 17.8 Å². The Bertz CT molecular complexity index is 675. The summed E-state index contributed by atoms with van der Waals surface area (Å²) < 4.78 is 18.2. The van der Waals surface area contributed by atoms with Crippen molar-refractivity contribution in [3.8, 4) is 11.8 Å². The largest absolute Gasteiger partial charge is 0.395 e. The number of nitrogens with zero attached hydrogens (tertiary/aromatic N) is 2. The first kappa shape index (κ1) is 14.7. The first-order valence-corrected chi connectivity index (χ1v) is 6.13. The van der Waals surface area contributed by atoms with Gasteiger partial charge in [-0.1, -0.05) is 17.0 Å². The molecule has 0 atom stereocenters. The zero-order valence-electron chi connectivity index (χ0n) is 11.0. The van der Waals surface area contributed by atoms with Crippen molar-refractivity contribution in [2.24, 2.45) is 0 Å². The maximum atomic E-state index is 13.7. The molecule has 2 rings (SSSR count). The van der Waals surface area contributed by atoms with Gasteiger partial charge >= 0.3 is 0 Å². The van der Waals surface area contributed by atoms with E-state index in [0.717, 1.165) is 6.39 Å². The fourth-order valence-corrected chi connectivity index (χ4v) is 1.52. The van der Waals surface area contributed by atoms with Gasteiger partial charge in [0.15, 0.2) is 5.82 Å². The monoisotopic (exact) mass is 289 g/mol. The normalized spacial score (nSPS) is 9.81. The van der Waals surface area contributed by atoms with Crippen molar-refractivity contribution in [1.29, 1.82) is 0 Å². The molecule has 21 heavy (non-hydrogen) atoms. The van der Waals surface area contributed by atoms with Crippen LogP contribution in [0.5, 0.6) is 0 Å². The SMILES string of the molecule is O=C(NCc1ncon1)c1cc(C#CCCO)ccc1F. The Morgan fingerprint density at radius 2 is 2.33 bits per heavy atom. The van der Waals surface area contributed by atoms with Crippen molar-refractivity contribution in [2.45, 2.75) is 13.0 Å². The van der Waals surface area contributed by atoms with Gasteiger partial charge in [0.1, 0.15) is 5.82 Å². The van der Waals surface area contributed by atoms with E-state index in [1.807, 2.05) is 0 Å². The summed E-state index contributed by atoms with van der Waals surface area (Å²) in [7, 11) is 0. The topological polar surface area (TPSA) is 88.3 Å². The Morgan fingerprint density at radius 1 is 1.48 bits per heavy atom. The number of hydrogen-bond acceptors (Lipinski definition) is 5. The molecular formula is C14H12FN3O3. The van der Waals surface area contributed by atoms with Crippen LogP contribution >= 0.6 is 0 Å². The summed E-state index contributed by atoms with van der Waals surface area (Å²) in [5.74, 6) is 4.50. The second kappa shape index (κ2) is 7.17. The molecule has 1 amide bonds. The van der Waals surface area contributed by atoms with E-state index < -0.39 is 11.7 Å². The predicted octanol–water partition coefficient (Wildman–Crippen LogP) is 0.873. The second-order valence-electron chi connectivity index (χ2n) is 4.00. The van der Waals surface area contributed by atoms with Crippen LogP contribution in [0.2, 0.25) is 0 Å². The molecule has 0 aliphatic heterocycles. The third-order valence-corrected chi connectivity index (χ3v) is 2.49. The first-order valence-electron chi connectivity index (χ1n) is 6.13. The molecule has 0 saturated carbocycles. The van der Waals surface area contributed by atoms with Crippen molar-refractivity contribution in [2.75, 3.05) is 6.61 Å². The molecule has 0 saturated heterocycles. The molecule has 0 spiro atoms. The minimum absolute atomic E-state index is 0.0369. The van der Waals surface area contributed by atoms with Crippen molar-refractivity contribution in [3.63, 3.8) is 0 Å². The Kier molecular flexibility index (Phi) is 5.01. The minimum atomic E-state index is -0.645. The molecule has 0 aliphatic carbocycles. The van der Waals surface area contributed by atoms with Crippen LogP contribution in [0, 0.1) is 17.7 Å². The van der Waals surface area contributed by atoms with Gasteiger partial charge in [-0.2, -0.15) is 4.98 Å². The second-order valence-corrected chi connectivity index (χ2v) is 4.00. The lowest BCUT2D eigenvalue weighted by atomic mass is 10.1. The molecule has 0 fully saturated rings. The molecule has 0 bridgehead atoms. The van der Waals surface area contributed by atoms with E-state index >= 15 is 0 Å². The van der Waals surface area contributed by atoms with E-state index in [1.54, 1.807) is 0 Å². The number of rotatable bonds is 4. The fraction of sp³-hybridized carbons (Fsp3) is 0.214. The molecule has 1 heterocycles. The smallest absolute Gasteiger partial charge is 0.254 e. The third kappa shape index (κ3) is 4.12. The van der Waals surface area contributed by atoms with Gasteiger partial charge in [0.25, 0.3) is 5.91 Å². The van der Waals surface area contributed by atoms with Crippen LogP contribution in [0.4, 0.5) is 4.39 Å². The number of amides is 1. The molecule has 0 unspecified atom stereocenters. The quantitative estimate of drug-likeness (QED) is 0.815. The third-order valence-electron chi connectivity index (χ3n) is 2.49. The maximum Gasteiger partial charge on any atom is 0.254 e. The molecule has 1 aromatic carbocycles. The molecule has 108 valence electrons. The number of benzene rings is 1. The van der Waals surface area contributed by atoms with E-state index in [-0.39, 0.29) is 18.7 Å². The average molecular weight is 289 g/mol. The highest BCUT2D eigenvalue weighted by Gasteiger charge is 2.12. The molecule has 0 aliphatic rings. The fourth-order valence-electron chi connectivity index (χ4n) is 1.52. The summed E-state index contributed by atoms with van der Waals surface area (Å²) in [4.78, 5) is 15.7. The van der Waals surface area contributed by atoms with Crippen molar-refractivity contribution < 1.29 is 18.8 Å². The zero-order chi connectivity index (χ0) is 15.1. The highest BCUT2D eigenvalue weighted by Crippen LogP contribution is 2.10. The van der Waals surface area contributed by atoms with Gasteiger partial charge in [-0.05, 0) is 18.2 Å². The average Bonchev–Trinajstić information content (AvgIpc) is 3.00. The van der Waals surface area contributed by atoms with Gasteiger partial charge in [-0.3, -0.25) is 4.79 Å². The molecule has 0 radical (unpaired) electrons. The lowest BCUT2D eigenvalue weighted by Gasteiger charge is -2.04. The molecule has 2 N–H and O–H groups in total. The Labute approximate surface area is 120 Å². The first-order chi connectivity index (χ1) is 10.2. The van der Waals surface area contributed by atoms with Crippen LogP contribution in [0.25, 0.3) is 0 Å². The molecule has 2 aromatic rings. The lowest BCUT2D eigenvalue weighted by Crippen LogP contribution is -2.24. The Morgan fingerprint density at radius 3 is 3.05 bits per heavy atom. The van der Waals surface area contributed by atoms with Crippen LogP contribution in [0.1, 0.15) is 28.2 Å². The number of aliphatic hydroxyl groups excluding tert-OH is 1. The minimum Gasteiger partial charge on any atom is -0.395 e. The van der Waals surface area contributed by atoms with E-state index in [9.17, 15) is 9.18 Å². The number of carbonyl (C=O) groups excluding carboxylic acids is 1. The predicted molar refractivity (Wildman–Crippen MR) is 70.4 cm³/mol. The summed E-state index contributed by atoms with van der Waals surface area (Å²) in [5.41, 5.74) is 0.379. The van der Waals surface area contributed by atoms with E-state index in [2.05, 4.69) is 31.8 Å². The summed E-state index contributed by atoms with van der Waals surface area (Å²) in [6, 6.07) is 3.99. The lowest BCUT2D eigenvalue weighted by molar-refractivity contribution is 0.0945. The summed E-state index contributed by atoms with van der Waals surface area (Å²) >= 11 is 0. The van der Waals surface area contributed by atoms with Crippen LogP contribution in [0.3, 0.4) is 0 Å². The highest BCUT2D eigenvalue weighted by atomic mass is 19.1. The molecular weight excluding hydrogens is 277 g/mol. The van der Waals surface area contributed by atoms with Crippen molar-refractivity contribution in [3.05, 3.63) is 47.4 Å². The van der Waals surface area contributed by atoms with Crippen LogP contribution in [0.15, 0.2) is 29.1 Å². The van der Waals surface area contributed by atoms with Crippen molar-refractivity contribution >= 4 is 5.91 Å². The Balaban J connectivity index is 2.09. The van der Waals surface area contributed by atoms with Crippen LogP contribution in [-0.2, 0) is 6.54 Å². The molecule has 1 aromatic heterocycles. The van der Waals surface area contributed by atoms with Crippen LogP contribution < -0.4 is 5.32 Å². The summed E-state index contributed by atoms with van der Waals surface area (Å²) in [6.07, 6.45) is 1.45. The summed E-state index contributed by atoms with van der Waals surface area (Å²) in [5, 5.41) is 14.7. The maximum absolute atomic E-state index is 13.7. The van der Waals surface area contributed by atoms with E-state index in [4.69, 9.17) is 5.11 Å². The number of aliphatic hydroxyl groups is 1. The Hall–Kier alpha value is -2.72. The van der Waals surface area contributed by atoms with Gasteiger partial charge < -0.3 is 14.9 Å².